The van der Waals surface area contributed by atoms with E-state index in [1.807, 2.05) is 32.0 Å². The normalized spacial score (nSPS) is 10.5. The van der Waals surface area contributed by atoms with E-state index < -0.39 is 0 Å². The van der Waals surface area contributed by atoms with E-state index >= 15 is 0 Å². The molecule has 0 bridgehead atoms. The largest absolute Gasteiger partial charge is 0.373 e. The monoisotopic (exact) mass is 333 g/mol. The first kappa shape index (κ1) is 16.9. The van der Waals surface area contributed by atoms with E-state index in [4.69, 9.17) is 4.98 Å². The van der Waals surface area contributed by atoms with Crippen molar-refractivity contribution in [1.29, 1.82) is 0 Å². The van der Waals surface area contributed by atoms with E-state index in [0.717, 1.165) is 35.7 Å². The number of pyridine rings is 1. The van der Waals surface area contributed by atoms with Crippen LogP contribution in [0.2, 0.25) is 0 Å². The Bertz CT molecular complexity index is 818. The molecule has 0 saturated heterocycles. The molecule has 25 heavy (non-hydrogen) atoms. The molecule has 2 aromatic heterocycles. The molecule has 0 fully saturated rings. The standard InChI is InChI=1S/C20H23N5/c1-15-16(2)23-20(17-8-7-11-21-14-17)24-19(15)22-12-13-25(3)18-9-5-4-6-10-18/h4-11,14H,12-13H2,1-3H3,(H,22,23,24). The van der Waals surface area contributed by atoms with Gasteiger partial charge in [-0.3, -0.25) is 4.98 Å². The number of hydrogen-bond acceptors (Lipinski definition) is 5. The van der Waals surface area contributed by atoms with Crippen LogP contribution in [0.3, 0.4) is 0 Å². The lowest BCUT2D eigenvalue weighted by molar-refractivity contribution is 0.905. The highest BCUT2D eigenvalue weighted by atomic mass is 15.1. The van der Waals surface area contributed by atoms with E-state index in [1.165, 1.54) is 5.69 Å². The third kappa shape index (κ3) is 4.12. The second-order valence-corrected chi connectivity index (χ2v) is 6.03. The molecule has 0 amide bonds. The van der Waals surface area contributed by atoms with Crippen LogP contribution in [-0.2, 0) is 0 Å². The maximum Gasteiger partial charge on any atom is 0.163 e. The third-order valence-electron chi connectivity index (χ3n) is 4.25. The zero-order valence-electron chi connectivity index (χ0n) is 14.9. The summed E-state index contributed by atoms with van der Waals surface area (Å²) >= 11 is 0. The Kier molecular flexibility index (Phi) is 5.23. The first-order valence-corrected chi connectivity index (χ1v) is 8.41. The number of para-hydroxylation sites is 1. The molecule has 2 heterocycles. The quantitative estimate of drug-likeness (QED) is 0.745. The molecule has 1 N–H and O–H groups in total. The van der Waals surface area contributed by atoms with Gasteiger partial charge in [0.05, 0.1) is 0 Å². The number of benzene rings is 1. The fraction of sp³-hybridized carbons (Fsp3) is 0.250. The van der Waals surface area contributed by atoms with Gasteiger partial charge in [-0.2, -0.15) is 0 Å². The van der Waals surface area contributed by atoms with Crippen LogP contribution in [0.1, 0.15) is 11.3 Å². The first-order valence-electron chi connectivity index (χ1n) is 8.41. The average Bonchev–Trinajstić information content (AvgIpc) is 2.66. The number of aryl methyl sites for hydroxylation is 1. The number of anilines is 2. The number of likely N-dealkylation sites (N-methyl/N-ethyl adjacent to an activating group) is 1. The summed E-state index contributed by atoms with van der Waals surface area (Å²) < 4.78 is 0. The topological polar surface area (TPSA) is 53.9 Å². The van der Waals surface area contributed by atoms with Crippen molar-refractivity contribution in [2.24, 2.45) is 0 Å². The van der Waals surface area contributed by atoms with Crippen molar-refractivity contribution in [2.45, 2.75) is 13.8 Å². The lowest BCUT2D eigenvalue weighted by Crippen LogP contribution is -2.25. The first-order chi connectivity index (χ1) is 12.1. The van der Waals surface area contributed by atoms with Crippen molar-refractivity contribution >= 4 is 11.5 Å². The Labute approximate surface area is 148 Å². The Balaban J connectivity index is 1.71. The summed E-state index contributed by atoms with van der Waals surface area (Å²) in [5.41, 5.74) is 4.19. The molecule has 0 aliphatic carbocycles. The predicted molar refractivity (Wildman–Crippen MR) is 103 cm³/mol. The molecule has 5 nitrogen and oxygen atoms in total. The van der Waals surface area contributed by atoms with Crippen molar-refractivity contribution in [3.05, 3.63) is 66.1 Å². The Hall–Kier alpha value is -2.95. The maximum atomic E-state index is 4.69. The molecule has 0 spiro atoms. The van der Waals surface area contributed by atoms with Gasteiger partial charge < -0.3 is 10.2 Å². The van der Waals surface area contributed by atoms with Crippen LogP contribution in [0.4, 0.5) is 11.5 Å². The minimum absolute atomic E-state index is 0.704. The number of hydrogen-bond donors (Lipinski definition) is 1. The fourth-order valence-corrected chi connectivity index (χ4v) is 2.58. The zero-order chi connectivity index (χ0) is 17.6. The highest BCUT2D eigenvalue weighted by molar-refractivity contribution is 5.58. The van der Waals surface area contributed by atoms with Gasteiger partial charge in [0.15, 0.2) is 5.82 Å². The van der Waals surface area contributed by atoms with Gasteiger partial charge in [0, 0.05) is 55.0 Å². The molecule has 0 atom stereocenters. The van der Waals surface area contributed by atoms with Crippen LogP contribution >= 0.6 is 0 Å². The summed E-state index contributed by atoms with van der Waals surface area (Å²) in [7, 11) is 2.09. The smallest absolute Gasteiger partial charge is 0.163 e. The molecule has 1 aromatic carbocycles. The predicted octanol–water partition coefficient (Wildman–Crippen LogP) is 3.70. The minimum atomic E-state index is 0.704. The van der Waals surface area contributed by atoms with Crippen LogP contribution in [-0.4, -0.2) is 35.1 Å². The molecule has 0 aliphatic rings. The van der Waals surface area contributed by atoms with Crippen LogP contribution in [0.5, 0.6) is 0 Å². The van der Waals surface area contributed by atoms with Gasteiger partial charge in [0.2, 0.25) is 0 Å². The van der Waals surface area contributed by atoms with Crippen molar-refractivity contribution in [1.82, 2.24) is 15.0 Å². The number of rotatable bonds is 6. The van der Waals surface area contributed by atoms with E-state index in [2.05, 4.69) is 51.5 Å². The van der Waals surface area contributed by atoms with Gasteiger partial charge in [-0.1, -0.05) is 18.2 Å². The molecule has 0 aliphatic heterocycles. The zero-order valence-corrected chi connectivity index (χ0v) is 14.9. The third-order valence-corrected chi connectivity index (χ3v) is 4.25. The second kappa shape index (κ2) is 7.75. The van der Waals surface area contributed by atoms with Crippen LogP contribution < -0.4 is 10.2 Å². The molecule has 3 rings (SSSR count). The van der Waals surface area contributed by atoms with Gasteiger partial charge in [0.1, 0.15) is 5.82 Å². The van der Waals surface area contributed by atoms with Crippen molar-refractivity contribution < 1.29 is 0 Å². The number of aromatic nitrogens is 3. The Morgan fingerprint density at radius 2 is 1.80 bits per heavy atom. The minimum Gasteiger partial charge on any atom is -0.373 e. The van der Waals surface area contributed by atoms with Gasteiger partial charge in [0.25, 0.3) is 0 Å². The Morgan fingerprint density at radius 1 is 1.00 bits per heavy atom. The maximum absolute atomic E-state index is 4.69. The van der Waals surface area contributed by atoms with E-state index in [-0.39, 0.29) is 0 Å². The van der Waals surface area contributed by atoms with Crippen LogP contribution in [0, 0.1) is 13.8 Å². The fourth-order valence-electron chi connectivity index (χ4n) is 2.58. The Morgan fingerprint density at radius 3 is 2.52 bits per heavy atom. The molecule has 0 radical (unpaired) electrons. The van der Waals surface area contributed by atoms with Gasteiger partial charge in [-0.05, 0) is 38.1 Å². The van der Waals surface area contributed by atoms with Gasteiger partial charge >= 0.3 is 0 Å². The number of nitrogens with one attached hydrogen (secondary N) is 1. The molecule has 0 saturated carbocycles. The molecular weight excluding hydrogens is 310 g/mol. The van der Waals surface area contributed by atoms with E-state index in [9.17, 15) is 0 Å². The van der Waals surface area contributed by atoms with Crippen LogP contribution in [0.25, 0.3) is 11.4 Å². The van der Waals surface area contributed by atoms with Crippen molar-refractivity contribution in [2.75, 3.05) is 30.4 Å². The summed E-state index contributed by atoms with van der Waals surface area (Å²) in [6.45, 7) is 5.74. The highest BCUT2D eigenvalue weighted by Crippen LogP contribution is 2.21. The van der Waals surface area contributed by atoms with E-state index in [1.54, 1.807) is 12.4 Å². The van der Waals surface area contributed by atoms with Crippen molar-refractivity contribution in [3.63, 3.8) is 0 Å². The summed E-state index contributed by atoms with van der Waals surface area (Å²) in [6.07, 6.45) is 3.54. The molecule has 128 valence electrons. The lowest BCUT2D eigenvalue weighted by Gasteiger charge is -2.20. The summed E-state index contributed by atoms with van der Waals surface area (Å²) in [6, 6.07) is 14.2. The summed E-state index contributed by atoms with van der Waals surface area (Å²) in [5, 5.41) is 3.45. The average molecular weight is 333 g/mol. The van der Waals surface area contributed by atoms with Gasteiger partial charge in [-0.25, -0.2) is 9.97 Å². The second-order valence-electron chi connectivity index (χ2n) is 6.03. The number of nitrogens with zero attached hydrogens (tertiary/aromatic N) is 4. The van der Waals surface area contributed by atoms with E-state index in [0.29, 0.717) is 5.82 Å². The SMILES string of the molecule is Cc1nc(-c2cccnc2)nc(NCCN(C)c2ccccc2)c1C. The summed E-state index contributed by atoms with van der Waals surface area (Å²) in [4.78, 5) is 15.7. The molecule has 3 aromatic rings. The van der Waals surface area contributed by atoms with Gasteiger partial charge in [-0.15, -0.1) is 0 Å². The van der Waals surface area contributed by atoms with Crippen LogP contribution in [0.15, 0.2) is 54.9 Å². The van der Waals surface area contributed by atoms with Crippen molar-refractivity contribution in [3.8, 4) is 11.4 Å². The molecule has 0 unspecified atom stereocenters. The summed E-state index contributed by atoms with van der Waals surface area (Å²) in [5.74, 6) is 1.59. The highest BCUT2D eigenvalue weighted by Gasteiger charge is 2.10. The molecular formula is C20H23N5. The molecule has 5 heteroatoms. The lowest BCUT2D eigenvalue weighted by atomic mass is 10.2.